The highest BCUT2D eigenvalue weighted by molar-refractivity contribution is 5.16. The lowest BCUT2D eigenvalue weighted by molar-refractivity contribution is -0.0913. The van der Waals surface area contributed by atoms with Crippen molar-refractivity contribution in [3.63, 3.8) is 0 Å². The molecule has 0 aliphatic carbocycles. The average molecular weight is 348 g/mol. The highest BCUT2D eigenvalue weighted by Gasteiger charge is 2.43. The second-order valence-electron chi connectivity index (χ2n) is 7.86. The number of hydrogen-bond acceptors (Lipinski definition) is 4. The van der Waals surface area contributed by atoms with E-state index in [9.17, 15) is 4.39 Å². The number of nitrogens with zero attached hydrogens (tertiary/aromatic N) is 2. The third kappa shape index (κ3) is 4.40. The van der Waals surface area contributed by atoms with Crippen LogP contribution < -0.4 is 0 Å². The van der Waals surface area contributed by atoms with Gasteiger partial charge < -0.3 is 14.4 Å². The summed E-state index contributed by atoms with van der Waals surface area (Å²) in [5.74, 6) is -0.177. The van der Waals surface area contributed by atoms with Crippen molar-refractivity contribution in [2.45, 2.75) is 43.9 Å². The van der Waals surface area contributed by atoms with E-state index in [2.05, 4.69) is 9.80 Å². The Morgan fingerprint density at radius 3 is 2.68 bits per heavy atom. The van der Waals surface area contributed by atoms with Gasteiger partial charge in [-0.1, -0.05) is 12.1 Å². The lowest BCUT2D eigenvalue weighted by atomic mass is 9.99. The molecule has 3 aliphatic rings. The zero-order valence-electron chi connectivity index (χ0n) is 15.0. The minimum Gasteiger partial charge on any atom is -0.377 e. The van der Waals surface area contributed by atoms with Gasteiger partial charge in [0, 0.05) is 26.2 Å². The normalized spacial score (nSPS) is 31.6. The van der Waals surface area contributed by atoms with E-state index in [4.69, 9.17) is 9.47 Å². The predicted molar refractivity (Wildman–Crippen MR) is 95.0 cm³/mol. The summed E-state index contributed by atoms with van der Waals surface area (Å²) in [6, 6.07) is 6.83. The molecule has 0 aromatic heterocycles. The standard InChI is InChI=1S/C20H29FN2O2/c21-18-5-3-17(4-6-18)13-23-11-12-24-16-20(15-23)8-7-19(25-20)14-22-9-1-2-10-22/h3-6,19H,1-2,7-16H2. The van der Waals surface area contributed by atoms with Crippen molar-refractivity contribution >= 4 is 0 Å². The fourth-order valence-electron chi connectivity index (χ4n) is 4.47. The molecule has 4 rings (SSSR count). The van der Waals surface area contributed by atoms with Crippen LogP contribution in [-0.4, -0.2) is 67.4 Å². The first-order valence-corrected chi connectivity index (χ1v) is 9.66. The molecule has 3 heterocycles. The van der Waals surface area contributed by atoms with E-state index in [1.807, 2.05) is 12.1 Å². The van der Waals surface area contributed by atoms with Crippen molar-refractivity contribution in [1.29, 1.82) is 0 Å². The summed E-state index contributed by atoms with van der Waals surface area (Å²) in [6.07, 6.45) is 5.20. The Kier molecular flexibility index (Phi) is 5.36. The molecule has 0 N–H and O–H groups in total. The van der Waals surface area contributed by atoms with E-state index in [1.54, 1.807) is 0 Å². The molecule has 0 amide bonds. The molecule has 1 aromatic carbocycles. The van der Waals surface area contributed by atoms with Crippen molar-refractivity contribution < 1.29 is 13.9 Å². The van der Waals surface area contributed by atoms with Crippen LogP contribution in [0.2, 0.25) is 0 Å². The first-order valence-electron chi connectivity index (χ1n) is 9.66. The first kappa shape index (κ1) is 17.4. The van der Waals surface area contributed by atoms with E-state index < -0.39 is 0 Å². The van der Waals surface area contributed by atoms with Crippen molar-refractivity contribution in [3.05, 3.63) is 35.6 Å². The summed E-state index contributed by atoms with van der Waals surface area (Å²) in [7, 11) is 0. The number of benzene rings is 1. The molecule has 3 fully saturated rings. The lowest BCUT2D eigenvalue weighted by Gasteiger charge is -2.32. The van der Waals surface area contributed by atoms with Gasteiger partial charge >= 0.3 is 0 Å². The largest absolute Gasteiger partial charge is 0.377 e. The molecule has 25 heavy (non-hydrogen) atoms. The molecule has 5 heteroatoms. The van der Waals surface area contributed by atoms with Gasteiger partial charge in [0.15, 0.2) is 0 Å². The fourth-order valence-corrected chi connectivity index (χ4v) is 4.47. The number of ether oxygens (including phenoxy) is 2. The molecular weight excluding hydrogens is 319 g/mol. The summed E-state index contributed by atoms with van der Waals surface area (Å²) in [4.78, 5) is 4.94. The first-order chi connectivity index (χ1) is 12.2. The smallest absolute Gasteiger partial charge is 0.123 e. The van der Waals surface area contributed by atoms with Crippen LogP contribution in [0.3, 0.4) is 0 Å². The predicted octanol–water partition coefficient (Wildman–Crippen LogP) is 2.67. The summed E-state index contributed by atoms with van der Waals surface area (Å²) in [5, 5.41) is 0. The summed E-state index contributed by atoms with van der Waals surface area (Å²) in [6.45, 7) is 7.58. The van der Waals surface area contributed by atoms with Crippen LogP contribution in [0.15, 0.2) is 24.3 Å². The Morgan fingerprint density at radius 2 is 1.88 bits per heavy atom. The maximum absolute atomic E-state index is 13.1. The zero-order valence-corrected chi connectivity index (χ0v) is 15.0. The molecule has 3 aliphatic heterocycles. The van der Waals surface area contributed by atoms with Gasteiger partial charge in [-0.3, -0.25) is 4.90 Å². The molecule has 2 atom stereocenters. The van der Waals surface area contributed by atoms with Crippen molar-refractivity contribution in [2.75, 3.05) is 45.9 Å². The number of hydrogen-bond donors (Lipinski definition) is 0. The quantitative estimate of drug-likeness (QED) is 0.835. The van der Waals surface area contributed by atoms with E-state index in [-0.39, 0.29) is 11.4 Å². The molecule has 1 aromatic rings. The molecule has 3 saturated heterocycles. The minimum absolute atomic E-state index is 0.166. The third-order valence-corrected chi connectivity index (χ3v) is 5.75. The Labute approximate surface area is 149 Å². The molecule has 0 saturated carbocycles. The monoisotopic (exact) mass is 348 g/mol. The molecule has 0 radical (unpaired) electrons. The second-order valence-corrected chi connectivity index (χ2v) is 7.86. The fraction of sp³-hybridized carbons (Fsp3) is 0.700. The van der Waals surface area contributed by atoms with E-state index in [0.29, 0.717) is 12.7 Å². The Morgan fingerprint density at radius 1 is 1.08 bits per heavy atom. The van der Waals surface area contributed by atoms with Crippen LogP contribution in [0.4, 0.5) is 4.39 Å². The van der Waals surface area contributed by atoms with E-state index >= 15 is 0 Å². The van der Waals surface area contributed by atoms with Gasteiger partial charge in [-0.25, -0.2) is 4.39 Å². The third-order valence-electron chi connectivity index (χ3n) is 5.75. The topological polar surface area (TPSA) is 24.9 Å². The van der Waals surface area contributed by atoms with Crippen LogP contribution in [0.25, 0.3) is 0 Å². The Hall–Kier alpha value is -1.01. The second kappa shape index (κ2) is 7.70. The van der Waals surface area contributed by atoms with E-state index in [0.717, 1.165) is 51.2 Å². The molecule has 2 unspecified atom stereocenters. The zero-order chi connectivity index (χ0) is 17.1. The molecule has 0 bridgehead atoms. The van der Waals surface area contributed by atoms with Gasteiger partial charge in [-0.2, -0.15) is 0 Å². The lowest BCUT2D eigenvalue weighted by Crippen LogP contribution is -2.45. The number of halogens is 1. The maximum Gasteiger partial charge on any atom is 0.123 e. The van der Waals surface area contributed by atoms with Crippen LogP contribution in [0.5, 0.6) is 0 Å². The van der Waals surface area contributed by atoms with Gasteiger partial charge in [-0.15, -0.1) is 0 Å². The van der Waals surface area contributed by atoms with Crippen LogP contribution in [0, 0.1) is 5.82 Å². The van der Waals surface area contributed by atoms with E-state index in [1.165, 1.54) is 38.1 Å². The SMILES string of the molecule is Fc1ccc(CN2CCOCC3(CCC(CN4CCCC4)O3)C2)cc1. The molecule has 138 valence electrons. The number of likely N-dealkylation sites (tertiary alicyclic amines) is 1. The average Bonchev–Trinajstić information content (AvgIpc) is 3.20. The van der Waals surface area contributed by atoms with Crippen LogP contribution >= 0.6 is 0 Å². The van der Waals surface area contributed by atoms with Crippen LogP contribution in [0.1, 0.15) is 31.2 Å². The minimum atomic E-state index is -0.177. The summed E-state index contributed by atoms with van der Waals surface area (Å²) < 4.78 is 25.6. The molecule has 4 nitrogen and oxygen atoms in total. The van der Waals surface area contributed by atoms with Gasteiger partial charge in [-0.05, 0) is 56.5 Å². The summed E-state index contributed by atoms with van der Waals surface area (Å²) in [5.41, 5.74) is 0.978. The van der Waals surface area contributed by atoms with Crippen LogP contribution in [-0.2, 0) is 16.0 Å². The van der Waals surface area contributed by atoms with Gasteiger partial charge in [0.05, 0.1) is 19.3 Å². The Bertz CT molecular complexity index is 561. The van der Waals surface area contributed by atoms with Crippen molar-refractivity contribution in [3.8, 4) is 0 Å². The Balaban J connectivity index is 1.36. The summed E-state index contributed by atoms with van der Waals surface area (Å²) >= 11 is 0. The maximum atomic E-state index is 13.1. The van der Waals surface area contributed by atoms with Crippen molar-refractivity contribution in [2.24, 2.45) is 0 Å². The van der Waals surface area contributed by atoms with Gasteiger partial charge in [0.1, 0.15) is 11.4 Å². The van der Waals surface area contributed by atoms with Gasteiger partial charge in [0.2, 0.25) is 0 Å². The highest BCUT2D eigenvalue weighted by atomic mass is 19.1. The highest BCUT2D eigenvalue weighted by Crippen LogP contribution is 2.34. The van der Waals surface area contributed by atoms with Crippen molar-refractivity contribution in [1.82, 2.24) is 9.80 Å². The number of rotatable bonds is 4. The van der Waals surface area contributed by atoms with Gasteiger partial charge in [0.25, 0.3) is 0 Å². The molecular formula is C20H29FN2O2. The molecule has 1 spiro atoms.